The fraction of sp³-hybridized carbons (Fsp3) is 0.579. The van der Waals surface area contributed by atoms with Gasteiger partial charge >= 0.3 is 0 Å². The molecule has 126 valence electrons. The van der Waals surface area contributed by atoms with Crippen molar-refractivity contribution in [2.45, 2.75) is 59.4 Å². The van der Waals surface area contributed by atoms with E-state index in [0.717, 1.165) is 29.7 Å². The molecule has 0 radical (unpaired) electrons. The summed E-state index contributed by atoms with van der Waals surface area (Å²) in [6.45, 7) is 10.7. The van der Waals surface area contributed by atoms with Gasteiger partial charge in [-0.3, -0.25) is 9.59 Å². The van der Waals surface area contributed by atoms with E-state index in [9.17, 15) is 9.59 Å². The highest BCUT2D eigenvalue weighted by atomic mass is 16.2. The first kappa shape index (κ1) is 17.5. The van der Waals surface area contributed by atoms with Crippen molar-refractivity contribution >= 4 is 17.5 Å². The van der Waals surface area contributed by atoms with Gasteiger partial charge in [0.15, 0.2) is 0 Å². The van der Waals surface area contributed by atoms with Gasteiger partial charge in [0.2, 0.25) is 11.8 Å². The third-order valence-electron chi connectivity index (χ3n) is 4.55. The van der Waals surface area contributed by atoms with Crippen LogP contribution in [0.1, 0.15) is 52.2 Å². The maximum absolute atomic E-state index is 12.7. The van der Waals surface area contributed by atoms with E-state index >= 15 is 0 Å². The van der Waals surface area contributed by atoms with E-state index in [1.54, 1.807) is 0 Å². The van der Waals surface area contributed by atoms with Crippen molar-refractivity contribution in [2.24, 2.45) is 5.92 Å². The molecule has 0 aliphatic carbocycles. The first-order valence-corrected chi connectivity index (χ1v) is 8.50. The molecule has 1 aromatic rings. The molecule has 1 aromatic carbocycles. The Kier molecular flexibility index (Phi) is 5.12. The Labute approximate surface area is 139 Å². The number of carbonyl (C=O) groups excluding carboxylic acids is 2. The van der Waals surface area contributed by atoms with E-state index < -0.39 is 0 Å². The molecule has 1 heterocycles. The van der Waals surface area contributed by atoms with E-state index in [1.165, 1.54) is 0 Å². The Morgan fingerprint density at radius 3 is 2.22 bits per heavy atom. The number of para-hydroxylation sites is 1. The molecule has 1 N–H and O–H groups in total. The van der Waals surface area contributed by atoms with Gasteiger partial charge in [0.25, 0.3) is 0 Å². The second kappa shape index (κ2) is 6.73. The van der Waals surface area contributed by atoms with Crippen molar-refractivity contribution in [3.8, 4) is 0 Å². The van der Waals surface area contributed by atoms with Crippen LogP contribution in [0.15, 0.2) is 18.2 Å². The van der Waals surface area contributed by atoms with Crippen molar-refractivity contribution < 1.29 is 9.59 Å². The molecule has 1 aliphatic rings. The third kappa shape index (κ3) is 3.74. The highest BCUT2D eigenvalue weighted by molar-refractivity contribution is 5.98. The minimum atomic E-state index is -0.267. The van der Waals surface area contributed by atoms with E-state index in [0.29, 0.717) is 13.0 Å². The maximum Gasteiger partial charge on any atom is 0.229 e. The van der Waals surface area contributed by atoms with Crippen molar-refractivity contribution in [1.29, 1.82) is 0 Å². The molecule has 2 amide bonds. The summed E-state index contributed by atoms with van der Waals surface area (Å²) in [6, 6.07) is 6.14. The van der Waals surface area contributed by atoms with Gasteiger partial charge in [-0.15, -0.1) is 0 Å². The predicted octanol–water partition coefficient (Wildman–Crippen LogP) is 3.40. The fourth-order valence-corrected chi connectivity index (χ4v) is 3.16. The average Bonchev–Trinajstić information content (AvgIpc) is 2.89. The van der Waals surface area contributed by atoms with Crippen molar-refractivity contribution in [1.82, 2.24) is 4.90 Å². The molecule has 0 saturated carbocycles. The van der Waals surface area contributed by atoms with Gasteiger partial charge in [-0.1, -0.05) is 32.0 Å². The van der Waals surface area contributed by atoms with Gasteiger partial charge in [-0.25, -0.2) is 0 Å². The summed E-state index contributed by atoms with van der Waals surface area (Å²) in [5, 5.41) is 3.10. The van der Waals surface area contributed by atoms with Crippen molar-refractivity contribution in [2.75, 3.05) is 11.9 Å². The number of hydrogen-bond donors (Lipinski definition) is 1. The monoisotopic (exact) mass is 316 g/mol. The van der Waals surface area contributed by atoms with Crippen LogP contribution in [0, 0.1) is 5.92 Å². The van der Waals surface area contributed by atoms with Crippen LogP contribution in [-0.2, 0) is 22.4 Å². The van der Waals surface area contributed by atoms with E-state index in [-0.39, 0.29) is 23.3 Å². The summed E-state index contributed by atoms with van der Waals surface area (Å²) in [4.78, 5) is 26.7. The van der Waals surface area contributed by atoms with Gasteiger partial charge in [0.05, 0.1) is 5.92 Å². The fourth-order valence-electron chi connectivity index (χ4n) is 3.16. The summed E-state index contributed by atoms with van der Waals surface area (Å²) in [7, 11) is 0. The number of nitrogens with one attached hydrogen (secondary N) is 1. The number of rotatable bonds is 4. The van der Waals surface area contributed by atoms with Crippen molar-refractivity contribution in [3.63, 3.8) is 0 Å². The van der Waals surface area contributed by atoms with Crippen LogP contribution < -0.4 is 5.32 Å². The summed E-state index contributed by atoms with van der Waals surface area (Å²) < 4.78 is 0. The number of amides is 2. The first-order chi connectivity index (χ1) is 10.8. The Morgan fingerprint density at radius 2 is 1.78 bits per heavy atom. The molecule has 0 bridgehead atoms. The molecule has 4 nitrogen and oxygen atoms in total. The highest BCUT2D eigenvalue weighted by Crippen LogP contribution is 2.28. The van der Waals surface area contributed by atoms with Gasteiger partial charge in [-0.2, -0.15) is 0 Å². The Bertz CT molecular complexity index is 580. The normalized spacial score (nSPS) is 18.4. The average molecular weight is 316 g/mol. The number of likely N-dealkylation sites (tertiary alicyclic amines) is 1. The molecule has 1 saturated heterocycles. The predicted molar refractivity (Wildman–Crippen MR) is 93.4 cm³/mol. The summed E-state index contributed by atoms with van der Waals surface area (Å²) >= 11 is 0. The number of hydrogen-bond acceptors (Lipinski definition) is 2. The lowest BCUT2D eigenvalue weighted by Gasteiger charge is -2.32. The van der Waals surface area contributed by atoms with Gasteiger partial charge < -0.3 is 10.2 Å². The third-order valence-corrected chi connectivity index (χ3v) is 4.55. The number of aryl methyl sites for hydroxylation is 2. The van der Waals surface area contributed by atoms with Gasteiger partial charge in [0, 0.05) is 24.2 Å². The Morgan fingerprint density at radius 1 is 1.22 bits per heavy atom. The number of nitrogens with zero attached hydrogens (tertiary/aromatic N) is 1. The van der Waals surface area contributed by atoms with Gasteiger partial charge in [-0.05, 0) is 44.7 Å². The molecule has 1 aliphatic heterocycles. The minimum absolute atomic E-state index is 0.0410. The van der Waals surface area contributed by atoms with Crippen LogP contribution in [0.3, 0.4) is 0 Å². The molecular weight excluding hydrogens is 288 g/mol. The molecule has 0 spiro atoms. The topological polar surface area (TPSA) is 49.4 Å². The number of anilines is 1. The molecule has 2 rings (SSSR count). The molecule has 23 heavy (non-hydrogen) atoms. The second-order valence-corrected chi connectivity index (χ2v) is 7.22. The SMILES string of the molecule is CCc1cccc(CC)c1NC(=O)[C@H]1CC(=O)N(C(C)(C)C)C1. The Hall–Kier alpha value is -1.84. The van der Waals surface area contributed by atoms with Gasteiger partial charge in [0.1, 0.15) is 0 Å². The maximum atomic E-state index is 12.7. The van der Waals surface area contributed by atoms with E-state index in [4.69, 9.17) is 0 Å². The summed E-state index contributed by atoms with van der Waals surface area (Å²) in [6.07, 6.45) is 2.06. The van der Waals surface area contributed by atoms with Crippen LogP contribution in [0.25, 0.3) is 0 Å². The standard InChI is InChI=1S/C19H28N2O2/c1-6-13-9-8-10-14(7-2)17(13)20-18(23)15-11-16(22)21(12-15)19(3,4)5/h8-10,15H,6-7,11-12H2,1-5H3,(H,20,23)/t15-/m0/s1. The molecule has 4 heteroatoms. The zero-order chi connectivity index (χ0) is 17.2. The Balaban J connectivity index is 2.17. The van der Waals surface area contributed by atoms with E-state index in [1.807, 2.05) is 31.7 Å². The molecule has 1 fully saturated rings. The largest absolute Gasteiger partial charge is 0.337 e. The molecule has 1 atom stereocenters. The van der Waals surface area contributed by atoms with Crippen LogP contribution in [-0.4, -0.2) is 28.8 Å². The lowest BCUT2D eigenvalue weighted by Crippen LogP contribution is -2.42. The zero-order valence-electron chi connectivity index (χ0n) is 14.9. The van der Waals surface area contributed by atoms with E-state index in [2.05, 4.69) is 31.3 Å². The second-order valence-electron chi connectivity index (χ2n) is 7.22. The van der Waals surface area contributed by atoms with Crippen LogP contribution in [0.2, 0.25) is 0 Å². The summed E-state index contributed by atoms with van der Waals surface area (Å²) in [5.74, 6) is -0.241. The van der Waals surface area contributed by atoms with Crippen LogP contribution in [0.4, 0.5) is 5.69 Å². The smallest absolute Gasteiger partial charge is 0.229 e. The lowest BCUT2D eigenvalue weighted by molar-refractivity contribution is -0.131. The first-order valence-electron chi connectivity index (χ1n) is 8.50. The summed E-state index contributed by atoms with van der Waals surface area (Å²) in [5.41, 5.74) is 3.00. The quantitative estimate of drug-likeness (QED) is 0.925. The number of carbonyl (C=O) groups is 2. The molecule has 0 aromatic heterocycles. The van der Waals surface area contributed by atoms with Crippen LogP contribution in [0.5, 0.6) is 0 Å². The van der Waals surface area contributed by atoms with Crippen LogP contribution >= 0.6 is 0 Å². The number of benzene rings is 1. The zero-order valence-corrected chi connectivity index (χ0v) is 14.9. The molecule has 0 unspecified atom stereocenters. The lowest BCUT2D eigenvalue weighted by atomic mass is 10.0. The van der Waals surface area contributed by atoms with Crippen molar-refractivity contribution in [3.05, 3.63) is 29.3 Å². The minimum Gasteiger partial charge on any atom is -0.337 e. The highest BCUT2D eigenvalue weighted by Gasteiger charge is 2.39. The molecular formula is C19H28N2O2.